The Kier molecular flexibility index (Phi) is 5.78. The molecule has 3 atom stereocenters. The molecule has 0 aromatic carbocycles. The average Bonchev–Trinajstić information content (AvgIpc) is 2.77. The molecule has 0 saturated carbocycles. The van der Waals surface area contributed by atoms with Gasteiger partial charge in [-0.2, -0.15) is 0 Å². The third-order valence-corrected chi connectivity index (χ3v) is 2.84. The van der Waals surface area contributed by atoms with E-state index in [1.165, 1.54) is 10.8 Å². The van der Waals surface area contributed by atoms with E-state index in [4.69, 9.17) is 13.6 Å². The summed E-state index contributed by atoms with van der Waals surface area (Å²) in [5, 5.41) is 18.5. The number of nitrogens with zero attached hydrogens (tertiary/aromatic N) is 1. The van der Waals surface area contributed by atoms with Crippen LogP contribution in [0.3, 0.4) is 0 Å². The number of rotatable bonds is 2. The molecule has 1 saturated heterocycles. The number of aromatic amines is 1. The molecular formula is C10H15AlN2O6. The fourth-order valence-electron chi connectivity index (χ4n) is 1.85. The predicted molar refractivity (Wildman–Crippen MR) is 65.5 cm³/mol. The number of ether oxygens (including phenoxy) is 1. The van der Waals surface area contributed by atoms with E-state index in [0.29, 0.717) is 21.8 Å². The Morgan fingerprint density at radius 3 is 2.68 bits per heavy atom. The summed E-state index contributed by atoms with van der Waals surface area (Å²) in [4.78, 5) is 24.9. The van der Waals surface area contributed by atoms with E-state index < -0.39 is 29.7 Å². The van der Waals surface area contributed by atoms with Crippen LogP contribution in [0.15, 0.2) is 15.8 Å². The summed E-state index contributed by atoms with van der Waals surface area (Å²) < 4.78 is 14.8. The molecule has 0 amide bonds. The molecule has 8 nitrogen and oxygen atoms in total. The van der Waals surface area contributed by atoms with Crippen LogP contribution < -0.4 is 11.2 Å². The van der Waals surface area contributed by atoms with Crippen LogP contribution in [-0.4, -0.2) is 54.8 Å². The molecule has 0 bridgehead atoms. The minimum atomic E-state index is -0.816. The van der Waals surface area contributed by atoms with E-state index >= 15 is 0 Å². The van der Waals surface area contributed by atoms with Crippen molar-refractivity contribution in [2.24, 2.45) is 0 Å². The Balaban J connectivity index is 0.000000861. The zero-order valence-corrected chi connectivity index (χ0v) is 11.8. The van der Waals surface area contributed by atoms with E-state index in [1.807, 2.05) is 0 Å². The van der Waals surface area contributed by atoms with Crippen LogP contribution in [0.25, 0.3) is 0 Å². The number of H-pyrrole nitrogens is 1. The number of aliphatic hydroxyl groups excluding tert-OH is 2. The van der Waals surface area contributed by atoms with Crippen LogP contribution in [0, 0.1) is 6.92 Å². The molecular weight excluding hydrogens is 271 g/mol. The molecule has 1 aliphatic heterocycles. The van der Waals surface area contributed by atoms with Crippen molar-refractivity contribution in [2.75, 3.05) is 6.61 Å². The second-order valence-electron chi connectivity index (χ2n) is 4.09. The quantitative estimate of drug-likeness (QED) is 0.526. The molecule has 1 aromatic rings. The molecule has 19 heavy (non-hydrogen) atoms. The van der Waals surface area contributed by atoms with Gasteiger partial charge >= 0.3 is 25.7 Å². The Morgan fingerprint density at radius 2 is 2.16 bits per heavy atom. The molecule has 0 unspecified atom stereocenters. The number of aliphatic hydroxyl groups is 2. The van der Waals surface area contributed by atoms with Gasteiger partial charge in [0.25, 0.3) is 5.56 Å². The maximum absolute atomic E-state index is 11.6. The third-order valence-electron chi connectivity index (χ3n) is 2.84. The Bertz CT molecular complexity index is 542. The fourth-order valence-corrected chi connectivity index (χ4v) is 1.85. The van der Waals surface area contributed by atoms with Crippen LogP contribution >= 0.6 is 0 Å². The molecule has 0 spiro atoms. The van der Waals surface area contributed by atoms with Crippen LogP contribution in [0.1, 0.15) is 18.2 Å². The van der Waals surface area contributed by atoms with Gasteiger partial charge in [0, 0.05) is 18.2 Å². The first-order valence-corrected chi connectivity index (χ1v) is 6.16. The van der Waals surface area contributed by atoms with Crippen LogP contribution in [0.2, 0.25) is 0 Å². The van der Waals surface area contributed by atoms with Gasteiger partial charge in [-0.25, -0.2) is 4.79 Å². The first-order valence-electron chi connectivity index (χ1n) is 5.58. The van der Waals surface area contributed by atoms with Gasteiger partial charge in [-0.05, 0) is 6.92 Å². The van der Waals surface area contributed by atoms with Gasteiger partial charge in [0.05, 0.1) is 12.7 Å². The first-order chi connectivity index (χ1) is 9.02. The summed E-state index contributed by atoms with van der Waals surface area (Å²) in [5.74, 6) is 0. The van der Waals surface area contributed by atoms with Crippen molar-refractivity contribution in [1.29, 1.82) is 0 Å². The number of nitrogens with one attached hydrogen (secondary N) is 1. The second-order valence-corrected chi connectivity index (χ2v) is 4.09. The van der Waals surface area contributed by atoms with Gasteiger partial charge in [0.15, 0.2) is 0 Å². The number of hydrogen-bond donors (Lipinski definition) is 3. The second kappa shape index (κ2) is 6.89. The topological polar surface area (TPSA) is 122 Å². The minimum absolute atomic E-state index is 0.205. The number of aromatic nitrogens is 2. The Morgan fingerprint density at radius 1 is 1.53 bits per heavy atom. The van der Waals surface area contributed by atoms with Crippen molar-refractivity contribution in [1.82, 2.24) is 9.55 Å². The summed E-state index contributed by atoms with van der Waals surface area (Å²) in [6, 6.07) is 0. The summed E-state index contributed by atoms with van der Waals surface area (Å²) >= 11 is 0.611. The van der Waals surface area contributed by atoms with Crippen LogP contribution in [-0.2, 0) is 8.54 Å². The summed E-state index contributed by atoms with van der Waals surface area (Å²) in [6.07, 6.45) is -0.581. The molecule has 0 aliphatic carbocycles. The van der Waals surface area contributed by atoms with Gasteiger partial charge in [-0.15, -0.1) is 0 Å². The summed E-state index contributed by atoms with van der Waals surface area (Å²) in [5.41, 5.74) is -0.643. The number of hydrogen-bond acceptors (Lipinski definition) is 6. The van der Waals surface area contributed by atoms with Crippen molar-refractivity contribution in [3.63, 3.8) is 0 Å². The zero-order chi connectivity index (χ0) is 14.6. The fraction of sp³-hybridized carbons (Fsp3) is 0.600. The summed E-state index contributed by atoms with van der Waals surface area (Å²) in [7, 11) is 0. The Hall–Kier alpha value is -1.11. The van der Waals surface area contributed by atoms with E-state index in [1.54, 1.807) is 6.92 Å². The van der Waals surface area contributed by atoms with Crippen molar-refractivity contribution in [3.05, 3.63) is 32.6 Å². The number of aryl methyl sites for hydroxylation is 1. The van der Waals surface area contributed by atoms with Gasteiger partial charge in [0.1, 0.15) is 12.3 Å². The molecule has 1 aliphatic rings. The molecule has 1 fully saturated rings. The standard InChI is InChI=1S/C10H14N2O5.Al.O.H/c1-5-3-12(10(16)11-9(5)15)8-2-6(14)7(4-13)17-8;;;/h3,6-8,13-14H,2,4H2,1H3,(H,11,15,16);;;/t6-,7+,8+;;;/m0.../s1. The molecule has 1 aromatic heterocycles. The molecule has 104 valence electrons. The van der Waals surface area contributed by atoms with Crippen molar-refractivity contribution >= 4 is 16.2 Å². The third kappa shape index (κ3) is 3.46. The maximum atomic E-state index is 11.6. The van der Waals surface area contributed by atoms with E-state index in [2.05, 4.69) is 4.98 Å². The monoisotopic (exact) mass is 286 g/mol. The van der Waals surface area contributed by atoms with Gasteiger partial charge < -0.3 is 14.9 Å². The van der Waals surface area contributed by atoms with E-state index in [-0.39, 0.29) is 13.0 Å². The van der Waals surface area contributed by atoms with E-state index in [0.717, 1.165) is 0 Å². The van der Waals surface area contributed by atoms with Gasteiger partial charge in [-0.1, -0.05) is 0 Å². The first kappa shape index (κ1) is 15.9. The average molecular weight is 286 g/mol. The van der Waals surface area contributed by atoms with Crippen LogP contribution in [0.4, 0.5) is 0 Å². The van der Waals surface area contributed by atoms with Gasteiger partial charge in [0.2, 0.25) is 0 Å². The predicted octanol–water partition coefficient (Wildman–Crippen LogP) is -2.28. The Labute approximate surface area is 116 Å². The van der Waals surface area contributed by atoms with E-state index in [9.17, 15) is 14.7 Å². The molecule has 9 heteroatoms. The molecule has 3 N–H and O–H groups in total. The van der Waals surface area contributed by atoms with Crippen molar-refractivity contribution < 1.29 is 18.8 Å². The normalized spacial score (nSPS) is 25.7. The summed E-state index contributed by atoms with van der Waals surface area (Å²) in [6.45, 7) is 1.26. The SMILES string of the molecule is Cc1cn([C@H]2C[C@H](O)[C@@H](CO)O2)c(=O)[nH]c1=O.[O]=[AlH]. The van der Waals surface area contributed by atoms with Crippen LogP contribution in [0.5, 0.6) is 0 Å². The molecule has 2 rings (SSSR count). The van der Waals surface area contributed by atoms with Gasteiger partial charge in [-0.3, -0.25) is 14.3 Å². The van der Waals surface area contributed by atoms with Crippen molar-refractivity contribution in [3.8, 4) is 0 Å². The zero-order valence-electron chi connectivity index (χ0n) is 10.4. The molecule has 0 radical (unpaired) electrons. The van der Waals surface area contributed by atoms with Crippen molar-refractivity contribution in [2.45, 2.75) is 31.8 Å². The molecule has 2 heterocycles.